The normalized spacial score (nSPS) is 19.7. The fourth-order valence-corrected chi connectivity index (χ4v) is 2.85. The van der Waals surface area contributed by atoms with Gasteiger partial charge in [-0.15, -0.1) is 0 Å². The molecule has 1 aromatic rings. The number of carbonyl (C=O) groups is 4. The lowest BCUT2D eigenvalue weighted by Gasteiger charge is -2.24. The van der Waals surface area contributed by atoms with E-state index in [4.69, 9.17) is 0 Å². The third-order valence-corrected chi connectivity index (χ3v) is 4.57. The molecule has 4 heteroatoms. The Kier molecular flexibility index (Phi) is 7.69. The summed E-state index contributed by atoms with van der Waals surface area (Å²) in [6.45, 7) is 6.31. The van der Waals surface area contributed by atoms with Crippen LogP contribution < -0.4 is 0 Å². The molecule has 0 radical (unpaired) electrons. The van der Waals surface area contributed by atoms with Crippen LogP contribution in [0.2, 0.25) is 0 Å². The molecule has 132 valence electrons. The van der Waals surface area contributed by atoms with E-state index in [1.54, 1.807) is 38.1 Å². The Morgan fingerprint density at radius 2 is 0.917 bits per heavy atom. The van der Waals surface area contributed by atoms with Gasteiger partial charge in [-0.3, -0.25) is 19.2 Å². The van der Waals surface area contributed by atoms with E-state index in [1.807, 2.05) is 0 Å². The molecule has 1 saturated carbocycles. The maximum absolute atomic E-state index is 11.0. The molecule has 0 heterocycles. The van der Waals surface area contributed by atoms with Crippen LogP contribution in [-0.4, -0.2) is 23.1 Å². The zero-order valence-electron chi connectivity index (χ0n) is 14.9. The SMILES string of the molecule is CC(=O)C1CCC(C(C)=O)CC1.CC(=O)c1ccc(C(C)=O)cc1.[HH]. The van der Waals surface area contributed by atoms with Crippen molar-refractivity contribution in [3.05, 3.63) is 35.4 Å². The van der Waals surface area contributed by atoms with Crippen molar-refractivity contribution in [2.24, 2.45) is 11.8 Å². The van der Waals surface area contributed by atoms with Gasteiger partial charge in [0.05, 0.1) is 0 Å². The number of rotatable bonds is 4. The molecular formula is C20H28O4. The van der Waals surface area contributed by atoms with Crippen LogP contribution in [0.5, 0.6) is 0 Å². The van der Waals surface area contributed by atoms with Crippen LogP contribution in [0.3, 0.4) is 0 Å². The van der Waals surface area contributed by atoms with E-state index >= 15 is 0 Å². The third kappa shape index (κ3) is 6.19. The van der Waals surface area contributed by atoms with Gasteiger partial charge >= 0.3 is 0 Å². The lowest BCUT2D eigenvalue weighted by Crippen LogP contribution is -2.23. The Balaban J connectivity index is 0.000000443. The first-order valence-corrected chi connectivity index (χ1v) is 8.35. The molecule has 0 atom stereocenters. The van der Waals surface area contributed by atoms with Crippen LogP contribution in [-0.2, 0) is 9.59 Å². The highest BCUT2D eigenvalue weighted by Gasteiger charge is 2.25. The maximum atomic E-state index is 11.0. The van der Waals surface area contributed by atoms with Crippen LogP contribution >= 0.6 is 0 Å². The minimum atomic E-state index is 0. The molecule has 0 spiro atoms. The summed E-state index contributed by atoms with van der Waals surface area (Å²) in [5.41, 5.74) is 1.28. The predicted octanol–water partition coefficient (Wildman–Crippen LogP) is 4.31. The van der Waals surface area contributed by atoms with E-state index in [1.165, 1.54) is 13.8 Å². The largest absolute Gasteiger partial charge is 0.300 e. The Bertz CT molecular complexity index is 556. The highest BCUT2D eigenvalue weighted by Crippen LogP contribution is 2.29. The second-order valence-corrected chi connectivity index (χ2v) is 6.46. The van der Waals surface area contributed by atoms with Crippen LogP contribution in [0.4, 0.5) is 0 Å². The fourth-order valence-electron chi connectivity index (χ4n) is 2.85. The van der Waals surface area contributed by atoms with Gasteiger partial charge in [0.2, 0.25) is 0 Å². The summed E-state index contributed by atoms with van der Waals surface area (Å²) in [6.07, 6.45) is 3.66. The van der Waals surface area contributed by atoms with E-state index in [-0.39, 0.29) is 36.4 Å². The van der Waals surface area contributed by atoms with Crippen LogP contribution in [0.1, 0.15) is 75.5 Å². The molecule has 0 aromatic heterocycles. The predicted molar refractivity (Wildman–Crippen MR) is 95.4 cm³/mol. The van der Waals surface area contributed by atoms with Gasteiger partial charge in [-0.05, 0) is 53.4 Å². The molecule has 1 aromatic carbocycles. The first kappa shape index (κ1) is 19.9. The number of ketones is 4. The molecule has 0 N–H and O–H groups in total. The standard InChI is InChI=1S/C10H16O2.C10H10O2.H2/c2*1-7(11)9-3-5-10(6-4-9)8(2)12;/h9-10H,3-6H2,1-2H3;3-6H,1-2H3;1H. The Hall–Kier alpha value is -2.10. The molecule has 2 rings (SSSR count). The molecule has 1 aliphatic carbocycles. The van der Waals surface area contributed by atoms with E-state index in [2.05, 4.69) is 0 Å². The van der Waals surface area contributed by atoms with Crippen molar-refractivity contribution in [2.75, 3.05) is 0 Å². The van der Waals surface area contributed by atoms with Crippen LogP contribution in [0.15, 0.2) is 24.3 Å². The Morgan fingerprint density at radius 1 is 0.667 bits per heavy atom. The van der Waals surface area contributed by atoms with E-state index in [0.717, 1.165) is 25.7 Å². The number of Topliss-reactive ketones (excluding diaryl/α,β-unsaturated/α-hetero) is 4. The fraction of sp³-hybridized carbons (Fsp3) is 0.500. The second-order valence-electron chi connectivity index (χ2n) is 6.46. The highest BCUT2D eigenvalue weighted by molar-refractivity contribution is 5.97. The van der Waals surface area contributed by atoms with E-state index in [0.29, 0.717) is 11.1 Å². The van der Waals surface area contributed by atoms with Crippen molar-refractivity contribution in [3.8, 4) is 0 Å². The van der Waals surface area contributed by atoms with Gasteiger partial charge in [0.15, 0.2) is 11.6 Å². The van der Waals surface area contributed by atoms with Gasteiger partial charge in [0, 0.05) is 24.4 Å². The minimum absolute atomic E-state index is 0. The van der Waals surface area contributed by atoms with Crippen molar-refractivity contribution in [2.45, 2.75) is 53.4 Å². The summed E-state index contributed by atoms with van der Waals surface area (Å²) >= 11 is 0. The Morgan fingerprint density at radius 3 is 1.08 bits per heavy atom. The van der Waals surface area contributed by atoms with E-state index < -0.39 is 0 Å². The number of hydrogen-bond donors (Lipinski definition) is 0. The third-order valence-electron chi connectivity index (χ3n) is 4.57. The topological polar surface area (TPSA) is 68.3 Å². The molecular weight excluding hydrogens is 304 g/mol. The lowest BCUT2D eigenvalue weighted by molar-refractivity contribution is -0.126. The monoisotopic (exact) mass is 332 g/mol. The summed E-state index contributed by atoms with van der Waals surface area (Å²) in [5.74, 6) is 1.09. The van der Waals surface area contributed by atoms with Crippen LogP contribution in [0.25, 0.3) is 0 Å². The number of benzene rings is 1. The van der Waals surface area contributed by atoms with Gasteiger partial charge in [-0.1, -0.05) is 24.3 Å². The highest BCUT2D eigenvalue weighted by atomic mass is 16.1. The quantitative estimate of drug-likeness (QED) is 0.771. The van der Waals surface area contributed by atoms with Crippen molar-refractivity contribution in [1.82, 2.24) is 0 Å². The van der Waals surface area contributed by atoms with Crippen molar-refractivity contribution in [1.29, 1.82) is 0 Å². The van der Waals surface area contributed by atoms with Gasteiger partial charge in [-0.2, -0.15) is 0 Å². The summed E-state index contributed by atoms with van der Waals surface area (Å²) in [7, 11) is 0. The van der Waals surface area contributed by atoms with Gasteiger partial charge in [0.25, 0.3) is 0 Å². The van der Waals surface area contributed by atoms with Crippen molar-refractivity contribution in [3.63, 3.8) is 0 Å². The van der Waals surface area contributed by atoms with Crippen molar-refractivity contribution >= 4 is 23.1 Å². The first-order valence-electron chi connectivity index (χ1n) is 8.35. The summed E-state index contributed by atoms with van der Waals surface area (Å²) in [4.78, 5) is 43.7. The summed E-state index contributed by atoms with van der Waals surface area (Å²) in [5, 5.41) is 0. The zero-order valence-corrected chi connectivity index (χ0v) is 14.9. The number of carbonyl (C=O) groups excluding carboxylic acids is 4. The smallest absolute Gasteiger partial charge is 0.159 e. The average molecular weight is 332 g/mol. The van der Waals surface area contributed by atoms with Crippen molar-refractivity contribution < 1.29 is 20.6 Å². The molecule has 1 aliphatic rings. The minimum Gasteiger partial charge on any atom is -0.300 e. The van der Waals surface area contributed by atoms with Crippen LogP contribution in [0, 0.1) is 11.8 Å². The maximum Gasteiger partial charge on any atom is 0.159 e. The van der Waals surface area contributed by atoms with Gasteiger partial charge < -0.3 is 0 Å². The zero-order chi connectivity index (χ0) is 18.3. The summed E-state index contributed by atoms with van der Waals surface area (Å²) < 4.78 is 0. The molecule has 0 unspecified atom stereocenters. The molecule has 1 fully saturated rings. The molecule has 4 nitrogen and oxygen atoms in total. The average Bonchev–Trinajstić information content (AvgIpc) is 2.55. The van der Waals surface area contributed by atoms with E-state index in [9.17, 15) is 19.2 Å². The summed E-state index contributed by atoms with van der Waals surface area (Å²) in [6, 6.07) is 6.66. The molecule has 0 bridgehead atoms. The lowest BCUT2D eigenvalue weighted by atomic mass is 9.79. The van der Waals surface area contributed by atoms with Gasteiger partial charge in [0.1, 0.15) is 11.6 Å². The molecule has 0 aliphatic heterocycles. The van der Waals surface area contributed by atoms with Gasteiger partial charge in [-0.25, -0.2) is 0 Å². The molecule has 24 heavy (non-hydrogen) atoms. The molecule has 0 amide bonds. The Labute approximate surface area is 145 Å². The molecule has 0 saturated heterocycles. The number of hydrogen-bond acceptors (Lipinski definition) is 4. The first-order chi connectivity index (χ1) is 11.2. The second kappa shape index (κ2) is 9.26.